The van der Waals surface area contributed by atoms with Gasteiger partial charge < -0.3 is 14.6 Å². The van der Waals surface area contributed by atoms with Gasteiger partial charge in [0.15, 0.2) is 11.5 Å². The molecule has 9 heteroatoms. The van der Waals surface area contributed by atoms with Crippen LogP contribution < -0.4 is 4.90 Å². The summed E-state index contributed by atoms with van der Waals surface area (Å²) >= 11 is 1.32. The number of fused-ring (bicyclic) bond motifs is 1. The fraction of sp³-hybridized carbons (Fsp3) is 0.333. The molecule has 0 radical (unpaired) electrons. The van der Waals surface area contributed by atoms with Crippen molar-refractivity contribution in [1.82, 2.24) is 0 Å². The van der Waals surface area contributed by atoms with Crippen molar-refractivity contribution in [2.75, 3.05) is 18.1 Å². The summed E-state index contributed by atoms with van der Waals surface area (Å²) in [6.45, 7) is 5.46. The highest BCUT2D eigenvalue weighted by Crippen LogP contribution is 2.45. The van der Waals surface area contributed by atoms with Crippen LogP contribution in [0.15, 0.2) is 47.4 Å². The fourth-order valence-corrected chi connectivity index (χ4v) is 5.76. The summed E-state index contributed by atoms with van der Waals surface area (Å²) in [5, 5.41) is 20.2. The van der Waals surface area contributed by atoms with Crippen molar-refractivity contribution in [3.63, 3.8) is 0 Å². The zero-order chi connectivity index (χ0) is 26.0. The van der Waals surface area contributed by atoms with Gasteiger partial charge in [-0.15, -0.1) is 11.3 Å². The van der Waals surface area contributed by atoms with Gasteiger partial charge in [0, 0.05) is 16.5 Å². The molecule has 8 nitrogen and oxygen atoms in total. The van der Waals surface area contributed by atoms with E-state index in [0.29, 0.717) is 22.5 Å². The van der Waals surface area contributed by atoms with E-state index < -0.39 is 23.5 Å². The van der Waals surface area contributed by atoms with Crippen LogP contribution in [-0.4, -0.2) is 41.9 Å². The Morgan fingerprint density at radius 2 is 1.69 bits per heavy atom. The number of hydrogen-bond acceptors (Lipinski definition) is 8. The largest absolute Gasteiger partial charge is 0.505 e. The lowest BCUT2D eigenvalue weighted by Crippen LogP contribution is -2.29. The number of aliphatic hydroxyl groups is 1. The minimum Gasteiger partial charge on any atom is -0.505 e. The first-order chi connectivity index (χ1) is 17.3. The third-order valence-corrected chi connectivity index (χ3v) is 7.38. The molecule has 0 unspecified atom stereocenters. The van der Waals surface area contributed by atoms with Gasteiger partial charge in [0.1, 0.15) is 16.4 Å². The molecular weight excluding hydrogens is 480 g/mol. The molecule has 1 aromatic carbocycles. The number of anilines is 1. The number of hydrogen-bond donors (Lipinski definition) is 2. The van der Waals surface area contributed by atoms with Gasteiger partial charge in [-0.3, -0.25) is 15.1 Å². The van der Waals surface area contributed by atoms with Crippen molar-refractivity contribution in [1.29, 1.82) is 5.41 Å². The van der Waals surface area contributed by atoms with Crippen LogP contribution >= 0.6 is 11.3 Å². The predicted octanol–water partition coefficient (Wildman–Crippen LogP) is 5.05. The molecule has 0 saturated heterocycles. The fourth-order valence-electron chi connectivity index (χ4n) is 4.37. The molecule has 2 aromatic rings. The maximum absolute atomic E-state index is 13.1. The first kappa shape index (κ1) is 25.4. The van der Waals surface area contributed by atoms with Crippen LogP contribution in [0.1, 0.15) is 63.4 Å². The minimum atomic E-state index is -0.879. The number of aliphatic hydroxyl groups excluding tert-OH is 1. The zero-order valence-electron chi connectivity index (χ0n) is 20.5. The lowest BCUT2D eigenvalue weighted by molar-refractivity contribution is -0.138. The van der Waals surface area contributed by atoms with Crippen LogP contribution in [0.5, 0.6) is 0 Å². The van der Waals surface area contributed by atoms with E-state index in [-0.39, 0.29) is 30.3 Å². The molecule has 0 amide bonds. The Morgan fingerprint density at radius 3 is 2.36 bits per heavy atom. The highest BCUT2D eigenvalue weighted by Gasteiger charge is 2.42. The van der Waals surface area contributed by atoms with Gasteiger partial charge in [-0.05, 0) is 52.0 Å². The van der Waals surface area contributed by atoms with Crippen molar-refractivity contribution in [3.05, 3.63) is 74.5 Å². The normalized spacial score (nSPS) is 16.4. The van der Waals surface area contributed by atoms with Gasteiger partial charge in [-0.25, -0.2) is 9.59 Å². The Morgan fingerprint density at radius 1 is 1.06 bits per heavy atom. The van der Waals surface area contributed by atoms with E-state index in [0.717, 1.165) is 35.3 Å². The number of carbonyl (C=O) groups is 3. The zero-order valence-corrected chi connectivity index (χ0v) is 21.3. The van der Waals surface area contributed by atoms with Crippen molar-refractivity contribution >= 4 is 39.9 Å². The van der Waals surface area contributed by atoms with Crippen molar-refractivity contribution < 1.29 is 29.0 Å². The number of esters is 2. The Labute approximate surface area is 213 Å². The topological polar surface area (TPSA) is 117 Å². The molecule has 2 heterocycles. The summed E-state index contributed by atoms with van der Waals surface area (Å²) < 4.78 is 10.4. The quantitative estimate of drug-likeness (QED) is 0.305. The third-order valence-electron chi connectivity index (χ3n) is 6.10. The van der Waals surface area contributed by atoms with Crippen molar-refractivity contribution in [2.24, 2.45) is 0 Å². The second-order valence-electron chi connectivity index (χ2n) is 8.50. The van der Waals surface area contributed by atoms with E-state index in [2.05, 4.69) is 0 Å². The number of nitrogens with zero attached hydrogens (tertiary/aromatic N) is 1. The second kappa shape index (κ2) is 10.5. The summed E-state index contributed by atoms with van der Waals surface area (Å²) in [6, 6.07) is 6.93. The number of ketones is 1. The van der Waals surface area contributed by atoms with Gasteiger partial charge >= 0.3 is 11.9 Å². The van der Waals surface area contributed by atoms with Gasteiger partial charge in [0.25, 0.3) is 0 Å². The molecule has 0 spiro atoms. The number of allylic oxidation sites excluding steroid dienone is 1. The first-order valence-corrected chi connectivity index (χ1v) is 12.7. The maximum atomic E-state index is 13.1. The molecule has 0 atom stereocenters. The van der Waals surface area contributed by atoms with Crippen molar-refractivity contribution in [3.8, 4) is 0 Å². The van der Waals surface area contributed by atoms with Crippen LogP contribution in [0, 0.1) is 12.3 Å². The van der Waals surface area contributed by atoms with E-state index in [1.807, 2.05) is 6.92 Å². The molecule has 1 aromatic heterocycles. The molecule has 0 saturated carbocycles. The van der Waals surface area contributed by atoms with E-state index >= 15 is 0 Å². The summed E-state index contributed by atoms with van der Waals surface area (Å²) in [7, 11) is 0. The highest BCUT2D eigenvalue weighted by molar-refractivity contribution is 7.17. The minimum absolute atomic E-state index is 0.0472. The third kappa shape index (κ3) is 4.58. The standard InChI is InChI=1S/C27H28N2O6S/c1-4-34-26(32)21-17-8-6-7-9-20(17)36-25(21)29-18(14-19(30)16-12-10-15(3)11-13-16)23(31)22(24(29)28)27(33)35-5-2/h10-14,28,31H,4-9H2,1-3H3/b18-14+,28-24?. The SMILES string of the molecule is CCOC(=O)C1=C(O)/C(=C\C(=O)c2ccc(C)cc2)N(c2sc3c(c2C(=O)OCC)CCCC3)C1=N. The predicted molar refractivity (Wildman–Crippen MR) is 137 cm³/mol. The molecule has 0 fully saturated rings. The number of ether oxygens (including phenoxy) is 2. The summed E-state index contributed by atoms with van der Waals surface area (Å²) in [6.07, 6.45) is 4.54. The monoisotopic (exact) mass is 508 g/mol. The number of carbonyl (C=O) groups excluding carboxylic acids is 3. The van der Waals surface area contributed by atoms with Crippen LogP contribution in [0.3, 0.4) is 0 Å². The molecule has 0 bridgehead atoms. The van der Waals surface area contributed by atoms with Gasteiger partial charge in [-0.1, -0.05) is 29.8 Å². The molecule has 36 heavy (non-hydrogen) atoms. The number of nitrogens with one attached hydrogen (secondary N) is 1. The summed E-state index contributed by atoms with van der Waals surface area (Å²) in [5.41, 5.74) is 2.12. The smallest absolute Gasteiger partial charge is 0.345 e. The Bertz CT molecular complexity index is 1300. The number of aryl methyl sites for hydroxylation is 2. The van der Waals surface area contributed by atoms with E-state index in [9.17, 15) is 19.5 Å². The number of benzene rings is 1. The molecule has 188 valence electrons. The maximum Gasteiger partial charge on any atom is 0.345 e. The molecule has 1 aliphatic carbocycles. The average molecular weight is 509 g/mol. The van der Waals surface area contributed by atoms with Crippen LogP contribution in [0.2, 0.25) is 0 Å². The molecule has 2 N–H and O–H groups in total. The molecule has 4 rings (SSSR count). The highest BCUT2D eigenvalue weighted by atomic mass is 32.1. The number of amidine groups is 1. The number of thiophene rings is 1. The molecule has 1 aliphatic heterocycles. The molecular formula is C27H28N2O6S. The van der Waals surface area contributed by atoms with Gasteiger partial charge in [0.05, 0.1) is 24.5 Å². The average Bonchev–Trinajstić information content (AvgIpc) is 3.34. The van der Waals surface area contributed by atoms with E-state index in [1.165, 1.54) is 22.3 Å². The van der Waals surface area contributed by atoms with Gasteiger partial charge in [0.2, 0.25) is 0 Å². The van der Waals surface area contributed by atoms with Crippen LogP contribution in [-0.2, 0) is 27.1 Å². The Kier molecular flexibility index (Phi) is 7.40. The van der Waals surface area contributed by atoms with Crippen molar-refractivity contribution in [2.45, 2.75) is 46.5 Å². The van der Waals surface area contributed by atoms with Gasteiger partial charge in [-0.2, -0.15) is 0 Å². The van der Waals surface area contributed by atoms with Crippen LogP contribution in [0.4, 0.5) is 5.00 Å². The Hall–Kier alpha value is -3.72. The number of rotatable bonds is 7. The molecule has 2 aliphatic rings. The summed E-state index contributed by atoms with van der Waals surface area (Å²) in [5.74, 6) is -2.74. The van der Waals surface area contributed by atoms with E-state index in [4.69, 9.17) is 14.9 Å². The van der Waals surface area contributed by atoms with E-state index in [1.54, 1.807) is 38.1 Å². The second-order valence-corrected chi connectivity index (χ2v) is 9.58. The first-order valence-electron chi connectivity index (χ1n) is 11.9. The lowest BCUT2D eigenvalue weighted by Gasteiger charge is -2.21. The lowest BCUT2D eigenvalue weighted by atomic mass is 9.95. The van der Waals surface area contributed by atoms with Crippen LogP contribution in [0.25, 0.3) is 0 Å². The summed E-state index contributed by atoms with van der Waals surface area (Å²) in [4.78, 5) is 41.2. The Balaban J connectivity index is 1.89.